The van der Waals surface area contributed by atoms with Crippen LogP contribution in [0, 0.1) is 0 Å². The lowest BCUT2D eigenvalue weighted by atomic mass is 10.2. The predicted molar refractivity (Wildman–Crippen MR) is 106 cm³/mol. The number of hydrogen-bond donors (Lipinski definition) is 1. The molecule has 0 bridgehead atoms. The number of amides is 1. The number of aromatic nitrogens is 3. The van der Waals surface area contributed by atoms with Gasteiger partial charge in [-0.15, -0.1) is 0 Å². The van der Waals surface area contributed by atoms with Crippen molar-refractivity contribution in [3.8, 4) is 11.4 Å². The summed E-state index contributed by atoms with van der Waals surface area (Å²) in [5.41, 5.74) is 2.19. The van der Waals surface area contributed by atoms with Gasteiger partial charge in [0, 0.05) is 31.0 Å². The molecule has 0 saturated heterocycles. The van der Waals surface area contributed by atoms with Crippen molar-refractivity contribution >= 4 is 11.7 Å². The van der Waals surface area contributed by atoms with Gasteiger partial charge < -0.3 is 10.2 Å². The fraction of sp³-hybridized carbons (Fsp3) is 0.238. The van der Waals surface area contributed by atoms with Crippen molar-refractivity contribution < 1.29 is 4.79 Å². The van der Waals surface area contributed by atoms with Gasteiger partial charge in [-0.25, -0.2) is 9.97 Å². The zero-order valence-corrected chi connectivity index (χ0v) is 15.6. The zero-order chi connectivity index (χ0) is 19.1. The highest BCUT2D eigenvalue weighted by molar-refractivity contribution is 5.98. The van der Waals surface area contributed by atoms with Crippen LogP contribution in [0.25, 0.3) is 11.4 Å². The van der Waals surface area contributed by atoms with Crippen LogP contribution in [0.4, 0.5) is 5.82 Å². The normalized spacial score (nSPS) is 10.4. The Bertz CT molecular complexity index is 880. The summed E-state index contributed by atoms with van der Waals surface area (Å²) in [4.78, 5) is 28.2. The molecule has 1 aromatic carbocycles. The fourth-order valence-corrected chi connectivity index (χ4v) is 2.79. The quantitative estimate of drug-likeness (QED) is 0.699. The van der Waals surface area contributed by atoms with E-state index in [1.807, 2.05) is 62.4 Å². The van der Waals surface area contributed by atoms with E-state index < -0.39 is 0 Å². The Labute approximate surface area is 159 Å². The summed E-state index contributed by atoms with van der Waals surface area (Å²) in [5, 5.41) is 2.91. The number of benzene rings is 1. The molecule has 1 N–H and O–H groups in total. The average Bonchev–Trinajstić information content (AvgIpc) is 2.74. The third-order valence-corrected chi connectivity index (χ3v) is 4.26. The number of anilines is 1. The predicted octanol–water partition coefficient (Wildman–Crippen LogP) is 3.31. The summed E-state index contributed by atoms with van der Waals surface area (Å²) in [5.74, 6) is 1.05. The average molecular weight is 361 g/mol. The molecular formula is C21H23N5O. The molecule has 6 heteroatoms. The van der Waals surface area contributed by atoms with E-state index in [9.17, 15) is 4.79 Å². The van der Waals surface area contributed by atoms with Gasteiger partial charge in [0.15, 0.2) is 5.82 Å². The minimum absolute atomic E-state index is 0.206. The Morgan fingerprint density at radius 3 is 2.41 bits per heavy atom. The summed E-state index contributed by atoms with van der Waals surface area (Å²) in [6.45, 7) is 5.95. The molecule has 0 saturated carbocycles. The number of nitrogens with zero attached hydrogens (tertiary/aromatic N) is 4. The fourth-order valence-electron chi connectivity index (χ4n) is 2.79. The highest BCUT2D eigenvalue weighted by atomic mass is 16.1. The van der Waals surface area contributed by atoms with Crippen LogP contribution < -0.4 is 10.2 Å². The van der Waals surface area contributed by atoms with Gasteiger partial charge in [0.05, 0.1) is 12.2 Å². The van der Waals surface area contributed by atoms with E-state index in [1.54, 1.807) is 12.4 Å². The third-order valence-electron chi connectivity index (χ3n) is 4.26. The van der Waals surface area contributed by atoms with E-state index in [4.69, 9.17) is 4.98 Å². The van der Waals surface area contributed by atoms with Gasteiger partial charge in [0.2, 0.25) is 0 Å². The van der Waals surface area contributed by atoms with Crippen molar-refractivity contribution in [2.45, 2.75) is 20.4 Å². The molecule has 0 fully saturated rings. The molecule has 1 amide bonds. The molecule has 27 heavy (non-hydrogen) atoms. The number of carbonyl (C=O) groups excluding carboxylic acids is 1. The lowest BCUT2D eigenvalue weighted by molar-refractivity contribution is 0.0950. The molecule has 138 valence electrons. The van der Waals surface area contributed by atoms with Crippen molar-refractivity contribution in [1.82, 2.24) is 20.3 Å². The Kier molecular flexibility index (Phi) is 6.10. The van der Waals surface area contributed by atoms with Crippen molar-refractivity contribution in [3.63, 3.8) is 0 Å². The Morgan fingerprint density at radius 2 is 1.74 bits per heavy atom. The molecule has 0 aliphatic rings. The van der Waals surface area contributed by atoms with Gasteiger partial charge in [-0.2, -0.15) is 0 Å². The molecule has 0 aliphatic heterocycles. The second-order valence-electron chi connectivity index (χ2n) is 5.97. The maximum absolute atomic E-state index is 12.8. The molecular weight excluding hydrogens is 338 g/mol. The lowest BCUT2D eigenvalue weighted by Crippen LogP contribution is -2.30. The van der Waals surface area contributed by atoms with Crippen molar-refractivity contribution in [1.29, 1.82) is 0 Å². The third kappa shape index (κ3) is 4.47. The molecule has 0 atom stereocenters. The maximum atomic E-state index is 12.8. The molecule has 3 aromatic rings. The summed E-state index contributed by atoms with van der Waals surface area (Å²) in [6, 6.07) is 15.4. The van der Waals surface area contributed by atoms with E-state index in [1.165, 1.54) is 0 Å². The van der Waals surface area contributed by atoms with Gasteiger partial charge in [0.25, 0.3) is 5.91 Å². The Balaban J connectivity index is 1.90. The molecule has 3 rings (SSSR count). The zero-order valence-electron chi connectivity index (χ0n) is 15.6. The molecule has 2 aromatic heterocycles. The van der Waals surface area contributed by atoms with Crippen LogP contribution in [0.15, 0.2) is 60.9 Å². The first-order chi connectivity index (χ1) is 13.2. The second kappa shape index (κ2) is 8.89. The second-order valence-corrected chi connectivity index (χ2v) is 5.97. The topological polar surface area (TPSA) is 71.0 Å². The van der Waals surface area contributed by atoms with Crippen LogP contribution in [0.3, 0.4) is 0 Å². The largest absolute Gasteiger partial charge is 0.356 e. The number of rotatable bonds is 7. The molecule has 0 radical (unpaired) electrons. The van der Waals surface area contributed by atoms with E-state index in [-0.39, 0.29) is 5.91 Å². The first-order valence-corrected chi connectivity index (χ1v) is 9.08. The van der Waals surface area contributed by atoms with Crippen molar-refractivity contribution in [2.24, 2.45) is 0 Å². The first kappa shape index (κ1) is 18.5. The lowest BCUT2D eigenvalue weighted by Gasteiger charge is -2.22. The van der Waals surface area contributed by atoms with Crippen LogP contribution in [0.2, 0.25) is 0 Å². The SMILES string of the molecule is CCN(CC)c1nc(-c2ccccc2)ncc1C(=O)NCc1ccccn1. The number of carbonyl (C=O) groups is 1. The van der Waals surface area contributed by atoms with Gasteiger partial charge in [-0.1, -0.05) is 36.4 Å². The van der Waals surface area contributed by atoms with Gasteiger partial charge >= 0.3 is 0 Å². The summed E-state index contributed by atoms with van der Waals surface area (Å²) in [6.07, 6.45) is 3.32. The molecule has 2 heterocycles. The van der Waals surface area contributed by atoms with Crippen LogP contribution in [0.1, 0.15) is 29.9 Å². The van der Waals surface area contributed by atoms with Crippen LogP contribution in [-0.2, 0) is 6.54 Å². The summed E-state index contributed by atoms with van der Waals surface area (Å²) < 4.78 is 0. The van der Waals surface area contributed by atoms with Gasteiger partial charge in [-0.05, 0) is 26.0 Å². The number of pyridine rings is 1. The number of hydrogen-bond acceptors (Lipinski definition) is 5. The molecule has 0 unspecified atom stereocenters. The summed E-state index contributed by atoms with van der Waals surface area (Å²) in [7, 11) is 0. The van der Waals surface area contributed by atoms with Crippen molar-refractivity contribution in [3.05, 3.63) is 72.2 Å². The highest BCUT2D eigenvalue weighted by Gasteiger charge is 2.19. The highest BCUT2D eigenvalue weighted by Crippen LogP contribution is 2.22. The van der Waals surface area contributed by atoms with Gasteiger partial charge in [-0.3, -0.25) is 9.78 Å². The Morgan fingerprint density at radius 1 is 1.00 bits per heavy atom. The smallest absolute Gasteiger partial charge is 0.256 e. The van der Waals surface area contributed by atoms with Crippen molar-refractivity contribution in [2.75, 3.05) is 18.0 Å². The van der Waals surface area contributed by atoms with Gasteiger partial charge in [0.1, 0.15) is 11.4 Å². The van der Waals surface area contributed by atoms with Crippen LogP contribution in [-0.4, -0.2) is 33.9 Å². The standard InChI is InChI=1S/C21H23N5O/c1-3-26(4-2)20-18(21(27)24-14-17-12-8-9-13-22-17)15-23-19(25-20)16-10-6-5-7-11-16/h5-13,15H,3-4,14H2,1-2H3,(H,24,27). The monoisotopic (exact) mass is 361 g/mol. The van der Waals surface area contributed by atoms with E-state index in [2.05, 4.69) is 20.2 Å². The minimum atomic E-state index is -0.206. The van der Waals surface area contributed by atoms with E-state index in [0.717, 1.165) is 24.3 Å². The molecule has 0 aliphatic carbocycles. The van der Waals surface area contributed by atoms with E-state index >= 15 is 0 Å². The number of nitrogens with one attached hydrogen (secondary N) is 1. The van der Waals surface area contributed by atoms with Crippen LogP contribution >= 0.6 is 0 Å². The summed E-state index contributed by atoms with van der Waals surface area (Å²) >= 11 is 0. The maximum Gasteiger partial charge on any atom is 0.256 e. The van der Waals surface area contributed by atoms with E-state index in [0.29, 0.717) is 23.8 Å². The molecule has 0 spiro atoms. The minimum Gasteiger partial charge on any atom is -0.356 e. The van der Waals surface area contributed by atoms with Crippen LogP contribution in [0.5, 0.6) is 0 Å². The Hall–Kier alpha value is -3.28. The molecule has 6 nitrogen and oxygen atoms in total. The first-order valence-electron chi connectivity index (χ1n) is 9.08.